The van der Waals surface area contributed by atoms with E-state index >= 15 is 0 Å². The van der Waals surface area contributed by atoms with Crippen molar-refractivity contribution in [2.45, 2.75) is 65.2 Å². The number of carbonyl (C=O) groups is 2. The summed E-state index contributed by atoms with van der Waals surface area (Å²) in [5.74, 6) is -0.117. The number of halogens is 1. The van der Waals surface area contributed by atoms with E-state index < -0.39 is 23.9 Å². The van der Waals surface area contributed by atoms with Gasteiger partial charge >= 0.3 is 0 Å². The summed E-state index contributed by atoms with van der Waals surface area (Å²) < 4.78 is 33.7. The van der Waals surface area contributed by atoms with E-state index in [1.807, 2.05) is 66.7 Å². The number of para-hydroxylation sites is 1. The van der Waals surface area contributed by atoms with Crippen molar-refractivity contribution in [2.24, 2.45) is 5.41 Å². The number of anilines is 1. The number of benzene rings is 5. The Bertz CT molecular complexity index is 2090. The molecule has 0 fully saturated rings. The van der Waals surface area contributed by atoms with Crippen LogP contribution < -0.4 is 25.0 Å². The normalized spacial score (nSPS) is 15.5. The van der Waals surface area contributed by atoms with Crippen molar-refractivity contribution in [1.82, 2.24) is 10.6 Å². The minimum atomic E-state index is -1.16. The number of hydrogen-bond acceptors (Lipinski definition) is 6. The smallest absolute Gasteiger partial charge is 0.256 e. The molecule has 1 aliphatic heterocycles. The molecule has 0 saturated carbocycles. The second-order valence-electron chi connectivity index (χ2n) is 15.6. The molecule has 0 saturated heterocycles. The van der Waals surface area contributed by atoms with Crippen molar-refractivity contribution in [3.8, 4) is 22.6 Å². The molecule has 1 heterocycles. The highest BCUT2D eigenvalue weighted by Crippen LogP contribution is 2.46. The van der Waals surface area contributed by atoms with Crippen LogP contribution in [0.25, 0.3) is 11.1 Å². The number of amides is 2. The van der Waals surface area contributed by atoms with Crippen LogP contribution in [0.5, 0.6) is 11.5 Å². The summed E-state index contributed by atoms with van der Waals surface area (Å²) in [4.78, 5) is 29.9. The quantitative estimate of drug-likeness (QED) is 0.0918. The molecular weight excluding hydrogens is 718 g/mol. The molecule has 2 N–H and O–H groups in total. The SMILES string of the molecule is COc1c(OCCCNCCCc2ccccc2)cccc1[C@H]1O[C@H](CC(=O)NCc2ccccc2F)C(=O)N(CC(C)(C)C)c2ccc(-c3ccccc3)cc21. The van der Waals surface area contributed by atoms with Crippen molar-refractivity contribution in [3.63, 3.8) is 0 Å². The summed E-state index contributed by atoms with van der Waals surface area (Å²) >= 11 is 0. The summed E-state index contributed by atoms with van der Waals surface area (Å²) in [6, 6.07) is 38.6. The standard InChI is InChI=1S/C48H54FN3O5/c1-48(2,3)33-52-41-26-25-36(35-19-9-6-10-20-35)30-39(41)45(57-43(47(52)54)31-44(53)51-32-37-21-11-12-23-40(37)49)38-22-13-24-42(46(38)55-4)56-29-15-28-50-27-14-18-34-16-7-5-8-17-34/h5-13,16-17,19-26,30,43,45,50H,14-15,18,27-29,31-33H2,1-4H3,(H,51,53)/t43-,45-/m1/s1. The first-order valence-electron chi connectivity index (χ1n) is 19.8. The molecule has 298 valence electrons. The van der Waals surface area contributed by atoms with Gasteiger partial charge in [0.1, 0.15) is 18.0 Å². The molecular formula is C48H54FN3O5. The molecule has 5 aromatic rings. The van der Waals surface area contributed by atoms with Gasteiger partial charge in [-0.05, 0) is 78.7 Å². The lowest BCUT2D eigenvalue weighted by Gasteiger charge is -2.31. The molecule has 0 aliphatic carbocycles. The van der Waals surface area contributed by atoms with Crippen molar-refractivity contribution in [3.05, 3.63) is 149 Å². The fraction of sp³-hybridized carbons (Fsp3) is 0.333. The number of fused-ring (bicyclic) bond motifs is 1. The first-order chi connectivity index (χ1) is 27.6. The summed E-state index contributed by atoms with van der Waals surface area (Å²) in [6.45, 7) is 8.78. The van der Waals surface area contributed by atoms with Crippen LogP contribution >= 0.6 is 0 Å². The number of carbonyl (C=O) groups excluding carboxylic acids is 2. The zero-order valence-electron chi connectivity index (χ0n) is 33.4. The van der Waals surface area contributed by atoms with Gasteiger partial charge < -0.3 is 29.7 Å². The number of nitrogens with zero attached hydrogens (tertiary/aromatic N) is 1. The Kier molecular flexibility index (Phi) is 14.1. The van der Waals surface area contributed by atoms with Gasteiger partial charge in [-0.25, -0.2) is 4.39 Å². The molecule has 9 heteroatoms. The van der Waals surface area contributed by atoms with E-state index in [4.69, 9.17) is 14.2 Å². The van der Waals surface area contributed by atoms with E-state index in [0.29, 0.717) is 41.5 Å². The summed E-state index contributed by atoms with van der Waals surface area (Å²) in [6.07, 6.45) is 0.647. The first-order valence-corrected chi connectivity index (χ1v) is 19.8. The van der Waals surface area contributed by atoms with Gasteiger partial charge in [-0.3, -0.25) is 9.59 Å². The summed E-state index contributed by atoms with van der Waals surface area (Å²) in [7, 11) is 1.60. The van der Waals surface area contributed by atoms with E-state index in [0.717, 1.165) is 49.0 Å². The Balaban J connectivity index is 1.28. The lowest BCUT2D eigenvalue weighted by Crippen LogP contribution is -2.45. The average Bonchev–Trinajstić information content (AvgIpc) is 3.32. The predicted molar refractivity (Wildman–Crippen MR) is 224 cm³/mol. The lowest BCUT2D eigenvalue weighted by molar-refractivity contribution is -0.138. The topological polar surface area (TPSA) is 89.1 Å². The lowest BCUT2D eigenvalue weighted by atomic mass is 9.92. The Labute approximate surface area is 336 Å². The highest BCUT2D eigenvalue weighted by atomic mass is 19.1. The summed E-state index contributed by atoms with van der Waals surface area (Å²) in [5.41, 5.74) is 5.50. The molecule has 0 radical (unpaired) electrons. The Hall–Kier alpha value is -5.51. The molecule has 0 aromatic heterocycles. The maximum Gasteiger partial charge on any atom is 0.256 e. The van der Waals surface area contributed by atoms with E-state index in [1.54, 1.807) is 30.2 Å². The third-order valence-corrected chi connectivity index (χ3v) is 9.90. The third kappa shape index (κ3) is 11.1. The van der Waals surface area contributed by atoms with Crippen LogP contribution in [0, 0.1) is 11.2 Å². The number of hydrogen-bond donors (Lipinski definition) is 2. The fourth-order valence-electron chi connectivity index (χ4n) is 7.14. The molecule has 6 rings (SSSR count). The van der Waals surface area contributed by atoms with Crippen molar-refractivity contribution in [1.29, 1.82) is 0 Å². The first kappa shape index (κ1) is 41.1. The largest absolute Gasteiger partial charge is 0.492 e. The molecule has 0 bridgehead atoms. The minimum absolute atomic E-state index is 0.0153. The highest BCUT2D eigenvalue weighted by molar-refractivity contribution is 6.00. The molecule has 1 aliphatic rings. The van der Waals surface area contributed by atoms with E-state index in [2.05, 4.69) is 61.7 Å². The monoisotopic (exact) mass is 771 g/mol. The number of ether oxygens (including phenoxy) is 3. The van der Waals surface area contributed by atoms with Crippen molar-refractivity contribution >= 4 is 17.5 Å². The van der Waals surface area contributed by atoms with Crippen molar-refractivity contribution < 1.29 is 28.2 Å². The zero-order valence-corrected chi connectivity index (χ0v) is 33.4. The van der Waals surface area contributed by atoms with Crippen LogP contribution in [0.15, 0.2) is 121 Å². The van der Waals surface area contributed by atoms with E-state index in [9.17, 15) is 14.0 Å². The molecule has 5 aromatic carbocycles. The van der Waals surface area contributed by atoms with E-state index in [-0.39, 0.29) is 24.3 Å². The molecule has 57 heavy (non-hydrogen) atoms. The van der Waals surface area contributed by atoms with Crippen molar-refractivity contribution in [2.75, 3.05) is 38.3 Å². The molecule has 0 spiro atoms. The highest BCUT2D eigenvalue weighted by Gasteiger charge is 2.40. The van der Waals surface area contributed by atoms with Crippen LogP contribution in [0.3, 0.4) is 0 Å². The number of aryl methyl sites for hydroxylation is 1. The Morgan fingerprint density at radius 3 is 2.28 bits per heavy atom. The summed E-state index contributed by atoms with van der Waals surface area (Å²) in [5, 5.41) is 6.32. The van der Waals surface area contributed by atoms with Gasteiger partial charge in [0.25, 0.3) is 5.91 Å². The predicted octanol–water partition coefficient (Wildman–Crippen LogP) is 9.07. The second kappa shape index (κ2) is 19.6. The molecule has 2 amide bonds. The van der Waals surface area contributed by atoms with Crippen LogP contribution in [-0.4, -0.2) is 51.3 Å². The van der Waals surface area contributed by atoms with Gasteiger partial charge in [-0.2, -0.15) is 0 Å². The molecule has 8 nitrogen and oxygen atoms in total. The van der Waals surface area contributed by atoms with Crippen LogP contribution in [-0.2, 0) is 27.3 Å². The van der Waals surface area contributed by atoms with Crippen LogP contribution in [0.4, 0.5) is 10.1 Å². The van der Waals surface area contributed by atoms with Gasteiger partial charge in [-0.15, -0.1) is 0 Å². The van der Waals surface area contributed by atoms with Gasteiger partial charge in [-0.1, -0.05) is 118 Å². The van der Waals surface area contributed by atoms with Gasteiger partial charge in [0, 0.05) is 35.5 Å². The van der Waals surface area contributed by atoms with Crippen LogP contribution in [0.1, 0.15) is 68.4 Å². The minimum Gasteiger partial charge on any atom is -0.492 e. The molecule has 2 atom stereocenters. The zero-order chi connectivity index (χ0) is 40.2. The van der Waals surface area contributed by atoms with Crippen LogP contribution in [0.2, 0.25) is 0 Å². The van der Waals surface area contributed by atoms with Gasteiger partial charge in [0.05, 0.1) is 20.1 Å². The Morgan fingerprint density at radius 1 is 0.825 bits per heavy atom. The maximum atomic E-state index is 14.6. The van der Waals surface area contributed by atoms with Gasteiger partial charge in [0.2, 0.25) is 5.91 Å². The fourth-order valence-corrected chi connectivity index (χ4v) is 7.14. The number of rotatable bonds is 17. The average molecular weight is 772 g/mol. The van der Waals surface area contributed by atoms with E-state index in [1.165, 1.54) is 11.6 Å². The van der Waals surface area contributed by atoms with Gasteiger partial charge in [0.15, 0.2) is 11.5 Å². The second-order valence-corrected chi connectivity index (χ2v) is 15.6. The molecule has 0 unspecified atom stereocenters. The number of nitrogens with one attached hydrogen (secondary N) is 2. The third-order valence-electron chi connectivity index (χ3n) is 9.90. The maximum absolute atomic E-state index is 14.6. The Morgan fingerprint density at radius 2 is 1.54 bits per heavy atom. The number of methoxy groups -OCH3 is 1.